The summed E-state index contributed by atoms with van der Waals surface area (Å²) < 4.78 is 7.44. The van der Waals surface area contributed by atoms with Crippen molar-refractivity contribution in [3.63, 3.8) is 0 Å². The van der Waals surface area contributed by atoms with Crippen LogP contribution in [0.5, 0.6) is 5.75 Å². The van der Waals surface area contributed by atoms with E-state index in [1.807, 2.05) is 24.7 Å². The SMILES string of the molecule is CCCOc1ccc(Cl)cc1C(=O)NCc1nccn1C. The Morgan fingerprint density at radius 3 is 2.95 bits per heavy atom. The lowest BCUT2D eigenvalue weighted by Gasteiger charge is -2.11. The minimum atomic E-state index is -0.230. The second-order valence-corrected chi connectivity index (χ2v) is 5.06. The van der Waals surface area contributed by atoms with Gasteiger partial charge in [-0.2, -0.15) is 0 Å². The van der Waals surface area contributed by atoms with Crippen LogP contribution in [0.25, 0.3) is 0 Å². The van der Waals surface area contributed by atoms with Gasteiger partial charge in [0.1, 0.15) is 11.6 Å². The molecule has 0 aliphatic carbocycles. The molecule has 1 aromatic heterocycles. The first-order valence-corrected chi connectivity index (χ1v) is 7.16. The van der Waals surface area contributed by atoms with Crippen molar-refractivity contribution >= 4 is 17.5 Å². The Hall–Kier alpha value is -2.01. The predicted molar refractivity (Wildman–Crippen MR) is 81.6 cm³/mol. The number of aromatic nitrogens is 2. The number of carbonyl (C=O) groups excluding carboxylic acids is 1. The molecule has 5 nitrogen and oxygen atoms in total. The van der Waals surface area contributed by atoms with Crippen molar-refractivity contribution in [1.29, 1.82) is 0 Å². The van der Waals surface area contributed by atoms with E-state index in [1.165, 1.54) is 0 Å². The van der Waals surface area contributed by atoms with Crippen molar-refractivity contribution < 1.29 is 9.53 Å². The zero-order chi connectivity index (χ0) is 15.2. The third-order valence-corrected chi connectivity index (χ3v) is 3.21. The third-order valence-electron chi connectivity index (χ3n) is 2.98. The second kappa shape index (κ2) is 7.13. The van der Waals surface area contributed by atoms with Crippen LogP contribution in [0, 0.1) is 0 Å². The van der Waals surface area contributed by atoms with E-state index in [0.717, 1.165) is 12.2 Å². The van der Waals surface area contributed by atoms with E-state index in [2.05, 4.69) is 10.3 Å². The lowest BCUT2D eigenvalue weighted by atomic mass is 10.2. The van der Waals surface area contributed by atoms with Gasteiger partial charge in [-0.15, -0.1) is 0 Å². The molecule has 1 aromatic carbocycles. The lowest BCUT2D eigenvalue weighted by Crippen LogP contribution is -2.25. The molecule has 0 radical (unpaired) electrons. The summed E-state index contributed by atoms with van der Waals surface area (Å²) in [5.74, 6) is 1.09. The van der Waals surface area contributed by atoms with E-state index in [4.69, 9.17) is 16.3 Å². The van der Waals surface area contributed by atoms with Crippen LogP contribution in [0.15, 0.2) is 30.6 Å². The quantitative estimate of drug-likeness (QED) is 0.893. The van der Waals surface area contributed by atoms with E-state index in [9.17, 15) is 4.79 Å². The maximum Gasteiger partial charge on any atom is 0.255 e. The normalized spacial score (nSPS) is 10.4. The van der Waals surface area contributed by atoms with Gasteiger partial charge in [0.25, 0.3) is 5.91 Å². The molecule has 2 rings (SSSR count). The van der Waals surface area contributed by atoms with E-state index < -0.39 is 0 Å². The largest absolute Gasteiger partial charge is 0.493 e. The van der Waals surface area contributed by atoms with Crippen LogP contribution in [-0.4, -0.2) is 22.1 Å². The van der Waals surface area contributed by atoms with Gasteiger partial charge in [-0.25, -0.2) is 4.98 Å². The zero-order valence-electron chi connectivity index (χ0n) is 12.1. The van der Waals surface area contributed by atoms with Crippen molar-refractivity contribution in [2.75, 3.05) is 6.61 Å². The highest BCUT2D eigenvalue weighted by atomic mass is 35.5. The van der Waals surface area contributed by atoms with Crippen LogP contribution < -0.4 is 10.1 Å². The number of nitrogens with one attached hydrogen (secondary N) is 1. The molecule has 21 heavy (non-hydrogen) atoms. The predicted octanol–water partition coefficient (Wildman–Crippen LogP) is 2.79. The molecular formula is C15H18ClN3O2. The molecule has 0 unspecified atom stereocenters. The molecule has 0 fully saturated rings. The standard InChI is InChI=1S/C15H18ClN3O2/c1-3-8-21-13-5-4-11(16)9-12(13)15(20)18-10-14-17-6-7-19(14)2/h4-7,9H,3,8,10H2,1-2H3,(H,18,20). The number of benzene rings is 1. The molecule has 0 spiro atoms. The minimum absolute atomic E-state index is 0.230. The number of amides is 1. The van der Waals surface area contributed by atoms with Crippen LogP contribution >= 0.6 is 11.6 Å². The number of hydrogen-bond donors (Lipinski definition) is 1. The van der Waals surface area contributed by atoms with Crippen LogP contribution in [0.1, 0.15) is 29.5 Å². The molecule has 112 valence electrons. The maximum atomic E-state index is 12.3. The molecule has 0 aliphatic heterocycles. The molecule has 0 saturated carbocycles. The fourth-order valence-corrected chi connectivity index (χ4v) is 2.01. The maximum absolute atomic E-state index is 12.3. The summed E-state index contributed by atoms with van der Waals surface area (Å²) in [6, 6.07) is 5.04. The summed E-state index contributed by atoms with van der Waals surface area (Å²) in [5.41, 5.74) is 0.435. The smallest absolute Gasteiger partial charge is 0.255 e. The van der Waals surface area contributed by atoms with Crippen LogP contribution in [-0.2, 0) is 13.6 Å². The van der Waals surface area contributed by atoms with E-state index in [0.29, 0.717) is 29.5 Å². The third kappa shape index (κ3) is 3.98. The molecule has 0 saturated heterocycles. The van der Waals surface area contributed by atoms with Crippen LogP contribution in [0.2, 0.25) is 5.02 Å². The number of aryl methyl sites for hydroxylation is 1. The van der Waals surface area contributed by atoms with Gasteiger partial charge in [0.05, 0.1) is 18.7 Å². The van der Waals surface area contributed by atoms with Crippen molar-refractivity contribution in [2.24, 2.45) is 7.05 Å². The Morgan fingerprint density at radius 1 is 1.48 bits per heavy atom. The number of halogens is 1. The average Bonchev–Trinajstić information content (AvgIpc) is 2.88. The highest BCUT2D eigenvalue weighted by Crippen LogP contribution is 2.23. The number of imidazole rings is 1. The van der Waals surface area contributed by atoms with Gasteiger partial charge in [0.15, 0.2) is 0 Å². The minimum Gasteiger partial charge on any atom is -0.493 e. The fraction of sp³-hybridized carbons (Fsp3) is 0.333. The summed E-state index contributed by atoms with van der Waals surface area (Å²) in [7, 11) is 1.88. The molecule has 1 amide bonds. The summed E-state index contributed by atoms with van der Waals surface area (Å²) in [6.45, 7) is 2.92. The van der Waals surface area contributed by atoms with Gasteiger partial charge < -0.3 is 14.6 Å². The summed E-state index contributed by atoms with van der Waals surface area (Å²) >= 11 is 5.97. The molecule has 0 atom stereocenters. The Kier molecular flexibility index (Phi) is 5.22. The fourth-order valence-electron chi connectivity index (χ4n) is 1.84. The van der Waals surface area contributed by atoms with Gasteiger partial charge in [-0.1, -0.05) is 18.5 Å². The zero-order valence-corrected chi connectivity index (χ0v) is 12.9. The summed E-state index contributed by atoms with van der Waals surface area (Å²) in [5, 5.41) is 3.33. The first-order chi connectivity index (χ1) is 10.1. The number of rotatable bonds is 6. The number of carbonyl (C=O) groups is 1. The first-order valence-electron chi connectivity index (χ1n) is 6.78. The molecule has 6 heteroatoms. The molecule has 0 bridgehead atoms. The number of ether oxygens (including phenoxy) is 1. The Balaban J connectivity index is 2.10. The molecular weight excluding hydrogens is 290 g/mol. The molecule has 1 N–H and O–H groups in total. The van der Waals surface area contributed by atoms with Gasteiger partial charge in [-0.05, 0) is 24.6 Å². The monoisotopic (exact) mass is 307 g/mol. The number of nitrogens with zero attached hydrogens (tertiary/aromatic N) is 2. The van der Waals surface area contributed by atoms with Gasteiger partial charge in [0.2, 0.25) is 0 Å². The molecule has 1 heterocycles. The van der Waals surface area contributed by atoms with Crippen molar-refractivity contribution in [2.45, 2.75) is 19.9 Å². The Bertz CT molecular complexity index is 625. The van der Waals surface area contributed by atoms with Gasteiger partial charge in [0, 0.05) is 24.5 Å². The Morgan fingerprint density at radius 2 is 2.29 bits per heavy atom. The van der Waals surface area contributed by atoms with Crippen LogP contribution in [0.3, 0.4) is 0 Å². The van der Waals surface area contributed by atoms with Crippen molar-refractivity contribution in [3.8, 4) is 5.75 Å². The van der Waals surface area contributed by atoms with E-state index >= 15 is 0 Å². The average molecular weight is 308 g/mol. The molecule has 2 aromatic rings. The highest BCUT2D eigenvalue weighted by Gasteiger charge is 2.14. The van der Waals surface area contributed by atoms with E-state index in [-0.39, 0.29) is 5.91 Å². The second-order valence-electron chi connectivity index (χ2n) is 4.63. The summed E-state index contributed by atoms with van der Waals surface area (Å²) in [6.07, 6.45) is 4.39. The van der Waals surface area contributed by atoms with Gasteiger partial charge in [-0.3, -0.25) is 4.79 Å². The Labute approximate surface area is 128 Å². The van der Waals surface area contributed by atoms with E-state index in [1.54, 1.807) is 24.4 Å². The van der Waals surface area contributed by atoms with Gasteiger partial charge >= 0.3 is 0 Å². The lowest BCUT2D eigenvalue weighted by molar-refractivity contribution is 0.0945. The van der Waals surface area contributed by atoms with Crippen molar-refractivity contribution in [3.05, 3.63) is 47.0 Å². The summed E-state index contributed by atoms with van der Waals surface area (Å²) in [4.78, 5) is 16.5. The molecule has 0 aliphatic rings. The van der Waals surface area contributed by atoms with Crippen LogP contribution in [0.4, 0.5) is 0 Å². The number of hydrogen-bond acceptors (Lipinski definition) is 3. The topological polar surface area (TPSA) is 56.1 Å². The highest BCUT2D eigenvalue weighted by molar-refractivity contribution is 6.31. The first kappa shape index (κ1) is 15.4. The van der Waals surface area contributed by atoms with Crippen molar-refractivity contribution in [1.82, 2.24) is 14.9 Å².